The molecule has 3 rings (SSSR count). The number of amides is 1. The molecule has 0 atom stereocenters. The van der Waals surface area contributed by atoms with Gasteiger partial charge in [0.15, 0.2) is 12.3 Å². The number of fused-ring (bicyclic) bond motifs is 1. The zero-order valence-corrected chi connectivity index (χ0v) is 14.0. The van der Waals surface area contributed by atoms with Gasteiger partial charge in [-0.15, -0.1) is 0 Å². The predicted molar refractivity (Wildman–Crippen MR) is 92.6 cm³/mol. The summed E-state index contributed by atoms with van der Waals surface area (Å²) in [6.07, 6.45) is 1.33. The van der Waals surface area contributed by atoms with Crippen LogP contribution in [0.25, 0.3) is 11.0 Å². The fourth-order valence-corrected chi connectivity index (χ4v) is 2.26. The first-order valence-corrected chi connectivity index (χ1v) is 7.85. The Bertz CT molecular complexity index is 897. The summed E-state index contributed by atoms with van der Waals surface area (Å²) in [5.41, 5.74) is 1.95. The standard InChI is InChI=1S/C17H12BrN3O3/c18-11-5-7-12(8-6-11)20-16(22)10-24-17(23)15-9-19-13-3-1-2-4-14(13)21-15/h1-9H,10H2,(H,20,22). The first kappa shape index (κ1) is 16.1. The van der Waals surface area contributed by atoms with E-state index in [1.807, 2.05) is 6.07 Å². The van der Waals surface area contributed by atoms with E-state index in [0.717, 1.165) is 4.47 Å². The highest BCUT2D eigenvalue weighted by molar-refractivity contribution is 9.10. The van der Waals surface area contributed by atoms with Gasteiger partial charge in [-0.2, -0.15) is 0 Å². The van der Waals surface area contributed by atoms with Crippen LogP contribution in [0.5, 0.6) is 0 Å². The molecular formula is C17H12BrN3O3. The molecule has 2 aromatic carbocycles. The summed E-state index contributed by atoms with van der Waals surface area (Å²) in [7, 11) is 0. The van der Waals surface area contributed by atoms with Crippen molar-refractivity contribution in [1.82, 2.24) is 9.97 Å². The van der Waals surface area contributed by atoms with Crippen molar-refractivity contribution in [3.05, 3.63) is 64.9 Å². The Morgan fingerprint density at radius 3 is 2.50 bits per heavy atom. The molecule has 1 amide bonds. The van der Waals surface area contributed by atoms with Gasteiger partial charge in [-0.3, -0.25) is 9.78 Å². The molecule has 1 heterocycles. The number of benzene rings is 2. The maximum Gasteiger partial charge on any atom is 0.359 e. The summed E-state index contributed by atoms with van der Waals surface area (Å²) in [4.78, 5) is 32.1. The maximum atomic E-state index is 12.0. The molecule has 0 aliphatic rings. The number of ether oxygens (including phenoxy) is 1. The van der Waals surface area contributed by atoms with E-state index in [0.29, 0.717) is 16.7 Å². The predicted octanol–water partition coefficient (Wildman–Crippen LogP) is 3.19. The van der Waals surface area contributed by atoms with E-state index in [1.165, 1.54) is 6.20 Å². The van der Waals surface area contributed by atoms with Gasteiger partial charge in [0.1, 0.15) is 0 Å². The minimum atomic E-state index is -0.695. The van der Waals surface area contributed by atoms with Gasteiger partial charge in [0.2, 0.25) is 0 Å². The quantitative estimate of drug-likeness (QED) is 0.697. The number of aromatic nitrogens is 2. The lowest BCUT2D eigenvalue weighted by Gasteiger charge is -2.06. The summed E-state index contributed by atoms with van der Waals surface area (Å²) in [6, 6.07) is 14.2. The Morgan fingerprint density at radius 1 is 1.04 bits per heavy atom. The van der Waals surface area contributed by atoms with Crippen LogP contribution in [-0.2, 0) is 9.53 Å². The number of nitrogens with one attached hydrogen (secondary N) is 1. The lowest BCUT2D eigenvalue weighted by atomic mass is 10.3. The molecule has 0 aliphatic heterocycles. The highest BCUT2D eigenvalue weighted by Gasteiger charge is 2.13. The largest absolute Gasteiger partial charge is 0.451 e. The normalized spacial score (nSPS) is 10.4. The van der Waals surface area contributed by atoms with Crippen LogP contribution in [0.3, 0.4) is 0 Å². The Labute approximate surface area is 146 Å². The number of halogens is 1. The van der Waals surface area contributed by atoms with Gasteiger partial charge in [0, 0.05) is 10.2 Å². The van der Waals surface area contributed by atoms with Gasteiger partial charge >= 0.3 is 5.97 Å². The minimum absolute atomic E-state index is 0.0603. The van der Waals surface area contributed by atoms with E-state index in [9.17, 15) is 9.59 Å². The zero-order chi connectivity index (χ0) is 16.9. The average molecular weight is 386 g/mol. The molecular weight excluding hydrogens is 374 g/mol. The first-order chi connectivity index (χ1) is 11.6. The fourth-order valence-electron chi connectivity index (χ4n) is 1.99. The molecule has 6 nitrogen and oxygen atoms in total. The number of carbonyl (C=O) groups excluding carboxylic acids is 2. The second kappa shape index (κ2) is 7.18. The van der Waals surface area contributed by atoms with Crippen LogP contribution in [0.15, 0.2) is 59.2 Å². The van der Waals surface area contributed by atoms with Crippen molar-refractivity contribution in [2.45, 2.75) is 0 Å². The van der Waals surface area contributed by atoms with Crippen LogP contribution in [0.4, 0.5) is 5.69 Å². The maximum absolute atomic E-state index is 12.0. The second-order valence-electron chi connectivity index (χ2n) is 4.88. The molecule has 0 spiro atoms. The van der Waals surface area contributed by atoms with E-state index in [2.05, 4.69) is 31.2 Å². The van der Waals surface area contributed by atoms with Crippen LogP contribution in [0.2, 0.25) is 0 Å². The van der Waals surface area contributed by atoms with Gasteiger partial charge in [-0.25, -0.2) is 9.78 Å². The van der Waals surface area contributed by atoms with Crippen LogP contribution >= 0.6 is 15.9 Å². The zero-order valence-electron chi connectivity index (χ0n) is 12.4. The highest BCUT2D eigenvalue weighted by atomic mass is 79.9. The Kier molecular flexibility index (Phi) is 4.81. The molecule has 0 radical (unpaired) electrons. The molecule has 0 saturated heterocycles. The number of anilines is 1. The van der Waals surface area contributed by atoms with Crippen LogP contribution in [0.1, 0.15) is 10.5 Å². The minimum Gasteiger partial charge on any atom is -0.451 e. The van der Waals surface area contributed by atoms with E-state index >= 15 is 0 Å². The lowest BCUT2D eigenvalue weighted by molar-refractivity contribution is -0.119. The summed E-state index contributed by atoms with van der Waals surface area (Å²) in [6.45, 7) is -0.399. The molecule has 0 fully saturated rings. The van der Waals surface area contributed by atoms with E-state index in [4.69, 9.17) is 4.74 Å². The molecule has 0 unspecified atom stereocenters. The van der Waals surface area contributed by atoms with Crippen LogP contribution in [0, 0.1) is 0 Å². The van der Waals surface area contributed by atoms with Crippen LogP contribution < -0.4 is 5.32 Å². The number of rotatable bonds is 4. The number of carbonyl (C=O) groups is 2. The fraction of sp³-hybridized carbons (Fsp3) is 0.0588. The number of esters is 1. The number of nitrogens with zero attached hydrogens (tertiary/aromatic N) is 2. The molecule has 3 aromatic rings. The average Bonchev–Trinajstić information content (AvgIpc) is 2.61. The molecule has 1 N–H and O–H groups in total. The van der Waals surface area contributed by atoms with Gasteiger partial charge in [0.25, 0.3) is 5.91 Å². The molecule has 0 saturated carbocycles. The van der Waals surface area contributed by atoms with Gasteiger partial charge < -0.3 is 10.1 Å². The summed E-state index contributed by atoms with van der Waals surface area (Å²) in [5, 5.41) is 2.63. The molecule has 7 heteroatoms. The molecule has 24 heavy (non-hydrogen) atoms. The third-order valence-corrected chi connectivity index (χ3v) is 3.65. The molecule has 0 aliphatic carbocycles. The van der Waals surface area contributed by atoms with E-state index in [-0.39, 0.29) is 5.69 Å². The van der Waals surface area contributed by atoms with Crippen molar-refractivity contribution in [2.75, 3.05) is 11.9 Å². The third kappa shape index (κ3) is 3.94. The molecule has 120 valence electrons. The smallest absolute Gasteiger partial charge is 0.359 e. The summed E-state index contributed by atoms with van der Waals surface area (Å²) < 4.78 is 5.88. The number of hydrogen-bond donors (Lipinski definition) is 1. The second-order valence-corrected chi connectivity index (χ2v) is 5.79. The summed E-state index contributed by atoms with van der Waals surface area (Å²) in [5.74, 6) is -1.13. The molecule has 0 bridgehead atoms. The van der Waals surface area contributed by atoms with E-state index in [1.54, 1.807) is 42.5 Å². The van der Waals surface area contributed by atoms with Crippen molar-refractivity contribution < 1.29 is 14.3 Å². The third-order valence-electron chi connectivity index (χ3n) is 3.12. The van der Waals surface area contributed by atoms with Gasteiger partial charge in [-0.1, -0.05) is 28.1 Å². The molecule has 1 aromatic heterocycles. The SMILES string of the molecule is O=C(COC(=O)c1cnc2ccccc2n1)Nc1ccc(Br)cc1. The van der Waals surface area contributed by atoms with Gasteiger partial charge in [-0.05, 0) is 36.4 Å². The van der Waals surface area contributed by atoms with Crippen molar-refractivity contribution in [1.29, 1.82) is 0 Å². The topological polar surface area (TPSA) is 81.2 Å². The van der Waals surface area contributed by atoms with Crippen LogP contribution in [-0.4, -0.2) is 28.5 Å². The lowest BCUT2D eigenvalue weighted by Crippen LogP contribution is -2.21. The van der Waals surface area contributed by atoms with Crippen molar-refractivity contribution in [2.24, 2.45) is 0 Å². The van der Waals surface area contributed by atoms with Crippen molar-refractivity contribution in [3.8, 4) is 0 Å². The van der Waals surface area contributed by atoms with Gasteiger partial charge in [0.05, 0.1) is 17.2 Å². The Morgan fingerprint density at radius 2 is 1.75 bits per heavy atom. The highest BCUT2D eigenvalue weighted by Crippen LogP contribution is 2.14. The summed E-state index contributed by atoms with van der Waals surface area (Å²) >= 11 is 3.31. The number of hydrogen-bond acceptors (Lipinski definition) is 5. The number of para-hydroxylation sites is 2. The van der Waals surface area contributed by atoms with Crippen molar-refractivity contribution >= 4 is 44.5 Å². The first-order valence-electron chi connectivity index (χ1n) is 7.06. The monoisotopic (exact) mass is 385 g/mol. The van der Waals surface area contributed by atoms with Crippen molar-refractivity contribution in [3.63, 3.8) is 0 Å². The Hall–Kier alpha value is -2.80. The Balaban J connectivity index is 1.59. The van der Waals surface area contributed by atoms with E-state index < -0.39 is 18.5 Å².